The molecule has 0 aliphatic heterocycles. The third-order valence-electron chi connectivity index (χ3n) is 3.62. The second-order valence-electron chi connectivity index (χ2n) is 5.31. The smallest absolute Gasteiger partial charge is 0.283 e. The lowest BCUT2D eigenvalue weighted by molar-refractivity contribution is -0.385. The maximum atomic E-state index is 11.0. The van der Waals surface area contributed by atoms with Gasteiger partial charge in [-0.25, -0.2) is 0 Å². The van der Waals surface area contributed by atoms with Gasteiger partial charge in [0.15, 0.2) is 0 Å². The maximum Gasteiger partial charge on any atom is 0.283 e. The molecule has 0 bridgehead atoms. The first-order valence-electron chi connectivity index (χ1n) is 6.81. The fourth-order valence-electron chi connectivity index (χ4n) is 2.40. The normalized spacial score (nSPS) is 14.6. The van der Waals surface area contributed by atoms with Gasteiger partial charge >= 0.3 is 0 Å². The van der Waals surface area contributed by atoms with Crippen molar-refractivity contribution in [3.8, 4) is 0 Å². The average molecular weight is 367 g/mol. The number of nitro groups is 1. The van der Waals surface area contributed by atoms with E-state index >= 15 is 0 Å². The van der Waals surface area contributed by atoms with E-state index in [1.54, 1.807) is 23.5 Å². The summed E-state index contributed by atoms with van der Waals surface area (Å²) in [6.45, 7) is 1.67. The predicted molar refractivity (Wildman–Crippen MR) is 87.4 cm³/mol. The van der Waals surface area contributed by atoms with Crippen molar-refractivity contribution in [2.24, 2.45) is 0 Å². The van der Waals surface area contributed by atoms with E-state index in [0.717, 1.165) is 18.7 Å². The molecule has 3 rings (SSSR count). The van der Waals surface area contributed by atoms with Crippen molar-refractivity contribution in [2.75, 3.05) is 0 Å². The Morgan fingerprint density at radius 3 is 2.67 bits per heavy atom. The van der Waals surface area contributed by atoms with Gasteiger partial charge in [0.25, 0.3) is 5.69 Å². The number of hydrogen-bond acceptors (Lipinski definition) is 4. The molecule has 4 nitrogen and oxygen atoms in total. The summed E-state index contributed by atoms with van der Waals surface area (Å²) >= 11 is 4.94. The maximum absolute atomic E-state index is 11.0. The first-order valence-corrected chi connectivity index (χ1v) is 8.55. The molecule has 1 aliphatic rings. The number of nitrogens with zero attached hydrogens (tertiary/aromatic N) is 2. The Kier molecular flexibility index (Phi) is 4.37. The van der Waals surface area contributed by atoms with E-state index in [1.807, 2.05) is 6.07 Å². The van der Waals surface area contributed by atoms with E-state index < -0.39 is 0 Å². The van der Waals surface area contributed by atoms with Crippen LogP contribution < -0.4 is 0 Å². The molecule has 2 aromatic rings. The van der Waals surface area contributed by atoms with Crippen LogP contribution in [0.5, 0.6) is 0 Å². The summed E-state index contributed by atoms with van der Waals surface area (Å²) in [7, 11) is 0. The molecule has 1 saturated carbocycles. The van der Waals surface area contributed by atoms with Crippen LogP contribution in [-0.2, 0) is 13.1 Å². The third-order valence-corrected chi connectivity index (χ3v) is 5.02. The lowest BCUT2D eigenvalue weighted by Gasteiger charge is -2.21. The Hall–Kier alpha value is -1.24. The number of thiophene rings is 1. The molecule has 1 fully saturated rings. The van der Waals surface area contributed by atoms with Crippen LogP contribution in [0.3, 0.4) is 0 Å². The van der Waals surface area contributed by atoms with Gasteiger partial charge in [0.1, 0.15) is 0 Å². The largest absolute Gasteiger partial charge is 0.292 e. The Bertz CT molecular complexity index is 641. The third kappa shape index (κ3) is 3.70. The highest BCUT2D eigenvalue weighted by Crippen LogP contribution is 2.32. The van der Waals surface area contributed by atoms with Crippen molar-refractivity contribution in [1.82, 2.24) is 4.90 Å². The summed E-state index contributed by atoms with van der Waals surface area (Å²) in [4.78, 5) is 13.1. The fourth-order valence-corrected chi connectivity index (χ4v) is 3.45. The molecule has 1 aliphatic carbocycles. The van der Waals surface area contributed by atoms with Gasteiger partial charge in [0.05, 0.1) is 9.40 Å². The van der Waals surface area contributed by atoms with Crippen molar-refractivity contribution in [1.29, 1.82) is 0 Å². The molecule has 0 radical (unpaired) electrons. The molecule has 0 unspecified atom stereocenters. The second kappa shape index (κ2) is 6.25. The molecular weight excluding hydrogens is 352 g/mol. The van der Waals surface area contributed by atoms with Crippen LogP contribution in [0.2, 0.25) is 0 Å². The summed E-state index contributed by atoms with van der Waals surface area (Å²) in [5.41, 5.74) is 2.45. The van der Waals surface area contributed by atoms with Crippen molar-refractivity contribution >= 4 is 33.0 Å². The molecule has 1 aromatic heterocycles. The Morgan fingerprint density at radius 2 is 2.05 bits per heavy atom. The Labute approximate surface area is 135 Å². The average Bonchev–Trinajstić information content (AvgIpc) is 3.18. The molecule has 0 saturated heterocycles. The highest BCUT2D eigenvalue weighted by Gasteiger charge is 2.29. The number of hydrogen-bond donors (Lipinski definition) is 0. The van der Waals surface area contributed by atoms with Crippen LogP contribution >= 0.6 is 27.3 Å². The van der Waals surface area contributed by atoms with E-state index in [0.29, 0.717) is 10.5 Å². The first-order chi connectivity index (χ1) is 10.1. The predicted octanol–water partition coefficient (Wildman–Crippen LogP) is 4.58. The number of rotatable bonds is 6. The zero-order valence-corrected chi connectivity index (χ0v) is 13.8. The van der Waals surface area contributed by atoms with E-state index in [-0.39, 0.29) is 10.6 Å². The minimum absolute atomic E-state index is 0.138. The van der Waals surface area contributed by atoms with Crippen LogP contribution in [0.4, 0.5) is 5.69 Å². The molecule has 0 amide bonds. The fraction of sp³-hybridized carbons (Fsp3) is 0.333. The summed E-state index contributed by atoms with van der Waals surface area (Å²) in [6, 6.07) is 8.16. The molecular formula is C15H15BrN2O2S. The summed E-state index contributed by atoms with van der Waals surface area (Å²) in [5, 5.41) is 15.3. The SMILES string of the molecule is O=[N+]([O-])c1cc(CN(Cc2ccsc2)C2CC2)ccc1Br. The molecule has 1 heterocycles. The monoisotopic (exact) mass is 366 g/mol. The summed E-state index contributed by atoms with van der Waals surface area (Å²) < 4.78 is 0.534. The zero-order valence-electron chi connectivity index (χ0n) is 11.4. The van der Waals surface area contributed by atoms with Gasteiger partial charge in [-0.05, 0) is 62.8 Å². The minimum Gasteiger partial charge on any atom is -0.292 e. The quantitative estimate of drug-likeness (QED) is 0.555. The van der Waals surface area contributed by atoms with Gasteiger partial charge in [-0.3, -0.25) is 15.0 Å². The van der Waals surface area contributed by atoms with Gasteiger partial charge in [0, 0.05) is 25.2 Å². The molecule has 6 heteroatoms. The van der Waals surface area contributed by atoms with E-state index in [9.17, 15) is 10.1 Å². The highest BCUT2D eigenvalue weighted by molar-refractivity contribution is 9.10. The topological polar surface area (TPSA) is 46.4 Å². The molecule has 110 valence electrons. The molecule has 21 heavy (non-hydrogen) atoms. The van der Waals surface area contributed by atoms with Crippen molar-refractivity contribution in [2.45, 2.75) is 32.0 Å². The van der Waals surface area contributed by atoms with Gasteiger partial charge in [-0.15, -0.1) is 0 Å². The van der Waals surface area contributed by atoms with Crippen LogP contribution in [0.15, 0.2) is 39.5 Å². The van der Waals surface area contributed by atoms with Crippen molar-refractivity contribution < 1.29 is 4.92 Å². The van der Waals surface area contributed by atoms with Gasteiger partial charge < -0.3 is 0 Å². The number of halogens is 1. The Morgan fingerprint density at radius 1 is 1.29 bits per heavy atom. The van der Waals surface area contributed by atoms with Crippen molar-refractivity contribution in [3.05, 3.63) is 60.7 Å². The molecule has 1 aromatic carbocycles. The summed E-state index contributed by atoms with van der Waals surface area (Å²) in [6.07, 6.45) is 2.45. The molecule has 0 spiro atoms. The van der Waals surface area contributed by atoms with E-state index in [1.165, 1.54) is 18.4 Å². The van der Waals surface area contributed by atoms with Crippen LogP contribution in [0.1, 0.15) is 24.0 Å². The lowest BCUT2D eigenvalue weighted by atomic mass is 10.1. The number of nitro benzene ring substituents is 1. The van der Waals surface area contributed by atoms with E-state index in [4.69, 9.17) is 0 Å². The summed E-state index contributed by atoms with van der Waals surface area (Å²) in [5.74, 6) is 0. The van der Waals surface area contributed by atoms with Gasteiger partial charge in [-0.1, -0.05) is 6.07 Å². The number of benzene rings is 1. The standard InChI is InChI=1S/C15H15BrN2O2S/c16-14-4-1-11(7-15(14)18(19)20)8-17(13-2-3-13)9-12-5-6-21-10-12/h1,4-7,10,13H,2-3,8-9H2. The van der Waals surface area contributed by atoms with E-state index in [2.05, 4.69) is 37.7 Å². The second-order valence-corrected chi connectivity index (χ2v) is 6.94. The first kappa shape index (κ1) is 14.7. The zero-order chi connectivity index (χ0) is 14.8. The lowest BCUT2D eigenvalue weighted by Crippen LogP contribution is -2.24. The van der Waals surface area contributed by atoms with Crippen LogP contribution in [0, 0.1) is 10.1 Å². The van der Waals surface area contributed by atoms with Gasteiger partial charge in [0.2, 0.25) is 0 Å². The van der Waals surface area contributed by atoms with Crippen LogP contribution in [0.25, 0.3) is 0 Å². The van der Waals surface area contributed by atoms with Crippen LogP contribution in [-0.4, -0.2) is 15.9 Å². The molecule has 0 atom stereocenters. The Balaban J connectivity index is 1.76. The molecule has 0 N–H and O–H groups in total. The van der Waals surface area contributed by atoms with Crippen molar-refractivity contribution in [3.63, 3.8) is 0 Å². The minimum atomic E-state index is -0.339. The van der Waals surface area contributed by atoms with Gasteiger partial charge in [-0.2, -0.15) is 11.3 Å². The highest BCUT2D eigenvalue weighted by atomic mass is 79.9.